The molecule has 4 heteroatoms. The minimum Gasteiger partial charge on any atom is -0.477 e. The molecule has 4 rings (SSSR count). The van der Waals surface area contributed by atoms with Crippen molar-refractivity contribution in [3.63, 3.8) is 0 Å². The quantitative estimate of drug-likeness (QED) is 0.430. The molecule has 0 aliphatic heterocycles. The number of rotatable bonds is 5. The van der Waals surface area contributed by atoms with Crippen molar-refractivity contribution in [1.29, 1.82) is 0 Å². The molecule has 0 bridgehead atoms. The molecular weight excluding hydrogens is 382 g/mol. The highest BCUT2D eigenvalue weighted by molar-refractivity contribution is 6.31. The van der Waals surface area contributed by atoms with E-state index < -0.39 is 11.4 Å². The van der Waals surface area contributed by atoms with Crippen LogP contribution in [0.3, 0.4) is 0 Å². The molecule has 0 saturated heterocycles. The Kier molecular flexibility index (Phi) is 5.15. The van der Waals surface area contributed by atoms with Crippen LogP contribution in [-0.2, 0) is 5.41 Å². The first-order chi connectivity index (χ1) is 14.1. The smallest absolute Gasteiger partial charge is 0.354 e. The van der Waals surface area contributed by atoms with E-state index in [2.05, 4.69) is 29.2 Å². The number of carboxylic acid groups (broad SMARTS) is 1. The van der Waals surface area contributed by atoms with Crippen molar-refractivity contribution in [1.82, 2.24) is 4.98 Å². The fourth-order valence-corrected chi connectivity index (χ4v) is 4.13. The second-order valence-corrected chi connectivity index (χ2v) is 7.11. The van der Waals surface area contributed by atoms with Crippen LogP contribution in [0.1, 0.15) is 32.7 Å². The van der Waals surface area contributed by atoms with Crippen LogP contribution < -0.4 is 0 Å². The fourth-order valence-electron chi connectivity index (χ4n) is 3.85. The van der Waals surface area contributed by atoms with Gasteiger partial charge < -0.3 is 5.11 Å². The lowest BCUT2D eigenvalue weighted by molar-refractivity contribution is 0.0690. The normalized spacial score (nSPS) is 11.2. The van der Waals surface area contributed by atoms with Crippen LogP contribution in [0, 0.1) is 0 Å². The van der Waals surface area contributed by atoms with Crippen LogP contribution in [0.4, 0.5) is 0 Å². The Morgan fingerprint density at radius 1 is 0.724 bits per heavy atom. The van der Waals surface area contributed by atoms with Gasteiger partial charge in [0.2, 0.25) is 0 Å². The average Bonchev–Trinajstić information content (AvgIpc) is 2.77. The maximum atomic E-state index is 11.3. The number of carboxylic acids is 1. The molecule has 29 heavy (non-hydrogen) atoms. The number of hydrogen-bond donors (Lipinski definition) is 1. The van der Waals surface area contributed by atoms with E-state index in [0.717, 1.165) is 22.3 Å². The van der Waals surface area contributed by atoms with Crippen molar-refractivity contribution in [3.05, 3.63) is 136 Å². The summed E-state index contributed by atoms with van der Waals surface area (Å²) in [4.78, 5) is 15.6. The van der Waals surface area contributed by atoms with Crippen molar-refractivity contribution in [2.45, 2.75) is 5.41 Å². The Morgan fingerprint density at radius 3 is 1.76 bits per heavy atom. The van der Waals surface area contributed by atoms with Crippen molar-refractivity contribution in [3.8, 4) is 0 Å². The van der Waals surface area contributed by atoms with Crippen LogP contribution in [-0.4, -0.2) is 16.1 Å². The third-order valence-electron chi connectivity index (χ3n) is 5.11. The van der Waals surface area contributed by atoms with E-state index in [1.54, 1.807) is 6.20 Å². The summed E-state index contributed by atoms with van der Waals surface area (Å²) >= 11 is 6.73. The van der Waals surface area contributed by atoms with Gasteiger partial charge in [-0.05, 0) is 34.4 Å². The monoisotopic (exact) mass is 399 g/mol. The number of pyridine rings is 1. The number of hydrogen-bond acceptors (Lipinski definition) is 2. The maximum absolute atomic E-state index is 11.3. The molecule has 1 heterocycles. The van der Waals surface area contributed by atoms with Gasteiger partial charge in [0.1, 0.15) is 5.69 Å². The predicted molar refractivity (Wildman–Crippen MR) is 115 cm³/mol. The predicted octanol–water partition coefficient (Wildman–Crippen LogP) is 5.82. The highest BCUT2D eigenvalue weighted by Crippen LogP contribution is 2.47. The molecule has 0 fully saturated rings. The van der Waals surface area contributed by atoms with E-state index in [4.69, 9.17) is 11.6 Å². The molecule has 142 valence electrons. The zero-order chi connectivity index (χ0) is 20.3. The van der Waals surface area contributed by atoms with E-state index in [0.29, 0.717) is 5.02 Å². The third kappa shape index (κ3) is 3.30. The van der Waals surface area contributed by atoms with Crippen LogP contribution in [0.5, 0.6) is 0 Å². The molecule has 0 aliphatic carbocycles. The number of carbonyl (C=O) groups is 1. The first-order valence-corrected chi connectivity index (χ1v) is 9.57. The number of benzene rings is 3. The molecule has 0 unspecified atom stereocenters. The first-order valence-electron chi connectivity index (χ1n) is 9.20. The van der Waals surface area contributed by atoms with Crippen LogP contribution >= 0.6 is 11.6 Å². The van der Waals surface area contributed by atoms with E-state index in [1.165, 1.54) is 6.07 Å². The van der Waals surface area contributed by atoms with Crippen molar-refractivity contribution in [2.24, 2.45) is 0 Å². The van der Waals surface area contributed by atoms with Crippen LogP contribution in [0.15, 0.2) is 103 Å². The molecule has 0 spiro atoms. The van der Waals surface area contributed by atoms with Gasteiger partial charge in [0, 0.05) is 11.2 Å². The molecular formula is C25H18ClNO2. The van der Waals surface area contributed by atoms with Crippen LogP contribution in [0.25, 0.3) is 0 Å². The molecule has 3 nitrogen and oxygen atoms in total. The minimum absolute atomic E-state index is 0.00271. The van der Waals surface area contributed by atoms with Crippen molar-refractivity contribution >= 4 is 17.6 Å². The van der Waals surface area contributed by atoms with Crippen LogP contribution in [0.2, 0.25) is 5.02 Å². The van der Waals surface area contributed by atoms with Gasteiger partial charge in [-0.2, -0.15) is 0 Å². The zero-order valence-corrected chi connectivity index (χ0v) is 16.3. The minimum atomic E-state index is -1.06. The van der Waals surface area contributed by atoms with E-state index in [1.807, 2.05) is 66.7 Å². The lowest BCUT2D eigenvalue weighted by Crippen LogP contribution is -2.31. The average molecular weight is 400 g/mol. The SMILES string of the molecule is O=C(O)c1ccc(C(c2ccccc2)(c2ccccc2)c2ccccc2Cl)cn1. The maximum Gasteiger partial charge on any atom is 0.354 e. The number of aromatic carboxylic acids is 1. The lowest BCUT2D eigenvalue weighted by atomic mass is 9.65. The molecule has 0 atom stereocenters. The van der Waals surface area contributed by atoms with Crippen molar-refractivity contribution in [2.75, 3.05) is 0 Å². The lowest BCUT2D eigenvalue weighted by Gasteiger charge is -2.37. The molecule has 0 saturated carbocycles. The summed E-state index contributed by atoms with van der Waals surface area (Å²) in [6.07, 6.45) is 1.63. The summed E-state index contributed by atoms with van der Waals surface area (Å²) < 4.78 is 0. The number of halogens is 1. The molecule has 1 aromatic heterocycles. The molecule has 3 aromatic carbocycles. The Bertz CT molecular complexity index is 1090. The largest absolute Gasteiger partial charge is 0.477 e. The number of nitrogens with zero attached hydrogens (tertiary/aromatic N) is 1. The Balaban J connectivity index is 2.12. The van der Waals surface area contributed by atoms with E-state index in [-0.39, 0.29) is 5.69 Å². The summed E-state index contributed by atoms with van der Waals surface area (Å²) in [7, 11) is 0. The molecule has 1 N–H and O–H groups in total. The number of aromatic nitrogens is 1. The molecule has 0 radical (unpaired) electrons. The Hall–Kier alpha value is -3.43. The molecule has 4 aromatic rings. The fraction of sp³-hybridized carbons (Fsp3) is 0.0400. The van der Waals surface area contributed by atoms with Gasteiger partial charge in [0.25, 0.3) is 0 Å². The summed E-state index contributed by atoms with van der Waals surface area (Å²) in [6.45, 7) is 0. The first kappa shape index (κ1) is 18.9. The van der Waals surface area contributed by atoms with Crippen molar-refractivity contribution < 1.29 is 9.90 Å². The van der Waals surface area contributed by atoms with Gasteiger partial charge in [-0.3, -0.25) is 0 Å². The van der Waals surface area contributed by atoms with Gasteiger partial charge in [0.15, 0.2) is 0 Å². The summed E-state index contributed by atoms with van der Waals surface area (Å²) in [5.74, 6) is -1.06. The summed E-state index contributed by atoms with van der Waals surface area (Å²) in [5.41, 5.74) is 3.04. The summed E-state index contributed by atoms with van der Waals surface area (Å²) in [6, 6.07) is 31.2. The Morgan fingerprint density at radius 2 is 1.28 bits per heavy atom. The highest BCUT2D eigenvalue weighted by atomic mass is 35.5. The van der Waals surface area contributed by atoms with E-state index in [9.17, 15) is 9.90 Å². The highest BCUT2D eigenvalue weighted by Gasteiger charge is 2.40. The third-order valence-corrected chi connectivity index (χ3v) is 5.44. The summed E-state index contributed by atoms with van der Waals surface area (Å²) in [5, 5.41) is 9.92. The second-order valence-electron chi connectivity index (χ2n) is 6.70. The van der Waals surface area contributed by atoms with Gasteiger partial charge in [-0.1, -0.05) is 96.5 Å². The standard InChI is InChI=1S/C25H18ClNO2/c26-22-14-8-7-13-21(22)25(18-9-3-1-4-10-18,19-11-5-2-6-12-19)20-15-16-23(24(28)29)27-17-20/h1-17H,(H,28,29). The molecule has 0 aliphatic rings. The van der Waals surface area contributed by atoms with E-state index >= 15 is 0 Å². The Labute approximate surface area is 174 Å². The van der Waals surface area contributed by atoms with Gasteiger partial charge in [0.05, 0.1) is 5.41 Å². The second kappa shape index (κ2) is 7.90. The topological polar surface area (TPSA) is 50.2 Å². The van der Waals surface area contributed by atoms with Gasteiger partial charge in [-0.15, -0.1) is 0 Å². The van der Waals surface area contributed by atoms with Gasteiger partial charge in [-0.25, -0.2) is 9.78 Å². The zero-order valence-electron chi connectivity index (χ0n) is 15.5. The molecule has 0 amide bonds. The van der Waals surface area contributed by atoms with Gasteiger partial charge >= 0.3 is 5.97 Å².